The summed E-state index contributed by atoms with van der Waals surface area (Å²) in [6.07, 6.45) is 1.81. The smallest absolute Gasteiger partial charge is 0.164 e. The molecule has 50 heavy (non-hydrogen) atoms. The van der Waals surface area contributed by atoms with Crippen LogP contribution < -0.4 is 0 Å². The van der Waals surface area contributed by atoms with Crippen molar-refractivity contribution in [2.75, 3.05) is 0 Å². The monoisotopic (exact) mass is 642 g/mol. The molecule has 6 heteroatoms. The lowest BCUT2D eigenvalue weighted by molar-refractivity contribution is 0.669. The van der Waals surface area contributed by atoms with Gasteiger partial charge in [-0.1, -0.05) is 115 Å². The number of pyridine rings is 1. The Kier molecular flexibility index (Phi) is 6.39. The van der Waals surface area contributed by atoms with E-state index in [2.05, 4.69) is 71.7 Å². The summed E-state index contributed by atoms with van der Waals surface area (Å²) in [6.45, 7) is 0. The summed E-state index contributed by atoms with van der Waals surface area (Å²) in [6, 6.07) is 51.0. The van der Waals surface area contributed by atoms with Crippen LogP contribution in [0.3, 0.4) is 0 Å². The first-order valence-electron chi connectivity index (χ1n) is 16.5. The van der Waals surface area contributed by atoms with E-state index in [4.69, 9.17) is 23.8 Å². The molecule has 4 heterocycles. The van der Waals surface area contributed by atoms with Crippen molar-refractivity contribution in [3.63, 3.8) is 0 Å². The minimum absolute atomic E-state index is 0.565. The zero-order valence-electron chi connectivity index (χ0n) is 26.6. The van der Waals surface area contributed by atoms with E-state index in [0.29, 0.717) is 17.5 Å². The Balaban J connectivity index is 1.14. The zero-order valence-corrected chi connectivity index (χ0v) is 26.6. The van der Waals surface area contributed by atoms with Crippen LogP contribution in [-0.2, 0) is 0 Å². The van der Waals surface area contributed by atoms with Crippen molar-refractivity contribution in [3.05, 3.63) is 158 Å². The third kappa shape index (κ3) is 4.65. The van der Waals surface area contributed by atoms with E-state index in [1.807, 2.05) is 91.1 Å². The molecule has 6 nitrogen and oxygen atoms in total. The quantitative estimate of drug-likeness (QED) is 0.186. The van der Waals surface area contributed by atoms with Crippen LogP contribution in [0, 0.1) is 0 Å². The van der Waals surface area contributed by atoms with Gasteiger partial charge in [0.05, 0.1) is 5.69 Å². The lowest BCUT2D eigenvalue weighted by Gasteiger charge is -2.09. The van der Waals surface area contributed by atoms with Gasteiger partial charge in [0.1, 0.15) is 22.3 Å². The Morgan fingerprint density at radius 1 is 0.380 bits per heavy atom. The van der Waals surface area contributed by atoms with E-state index in [9.17, 15) is 0 Å². The maximum atomic E-state index is 6.63. The lowest BCUT2D eigenvalue weighted by atomic mass is 9.99. The van der Waals surface area contributed by atoms with Crippen molar-refractivity contribution < 1.29 is 8.83 Å². The molecule has 0 N–H and O–H groups in total. The van der Waals surface area contributed by atoms with Gasteiger partial charge < -0.3 is 8.83 Å². The molecule has 0 radical (unpaired) electrons. The number of nitrogens with zero attached hydrogens (tertiary/aromatic N) is 4. The fourth-order valence-corrected chi connectivity index (χ4v) is 6.82. The number of aromatic nitrogens is 4. The molecule has 0 saturated heterocycles. The standard InChI is InChI=1S/C44H26N4O2/c1-2-10-29(11-3-1)42-46-43(30-23-24-33-32-12-4-5-17-37(32)49-39(33)26-30)48-44(47-42)35-15-9-18-38-40(35)34-14-8-13-31(41(34)50-38)27-19-21-28(22-20-27)36-16-6-7-25-45-36/h1-26H. The van der Waals surface area contributed by atoms with Gasteiger partial charge in [-0.15, -0.1) is 0 Å². The topological polar surface area (TPSA) is 77.8 Å². The Labute approximate surface area is 286 Å². The minimum Gasteiger partial charge on any atom is -0.456 e. The minimum atomic E-state index is 0.565. The molecule has 6 aromatic carbocycles. The zero-order chi connectivity index (χ0) is 33.0. The number of benzene rings is 6. The molecular formula is C44H26N4O2. The van der Waals surface area contributed by atoms with Gasteiger partial charge in [-0.3, -0.25) is 4.98 Å². The lowest BCUT2D eigenvalue weighted by Crippen LogP contribution is -2.00. The average molecular weight is 643 g/mol. The molecule has 10 aromatic rings. The highest BCUT2D eigenvalue weighted by Crippen LogP contribution is 2.41. The Morgan fingerprint density at radius 3 is 1.90 bits per heavy atom. The molecule has 0 bridgehead atoms. The van der Waals surface area contributed by atoms with Crippen LogP contribution in [0.2, 0.25) is 0 Å². The molecule has 0 aliphatic carbocycles. The molecule has 10 rings (SSSR count). The van der Waals surface area contributed by atoms with E-state index in [-0.39, 0.29) is 0 Å². The molecule has 0 unspecified atom stereocenters. The van der Waals surface area contributed by atoms with E-state index < -0.39 is 0 Å². The molecule has 0 aliphatic rings. The number of hydrogen-bond donors (Lipinski definition) is 0. The Bertz CT molecular complexity index is 2860. The molecule has 0 fully saturated rings. The fraction of sp³-hybridized carbons (Fsp3) is 0. The highest BCUT2D eigenvalue weighted by atomic mass is 16.3. The van der Waals surface area contributed by atoms with Gasteiger partial charge in [-0.2, -0.15) is 0 Å². The molecular weight excluding hydrogens is 617 g/mol. The highest BCUT2D eigenvalue weighted by molar-refractivity contribution is 6.15. The summed E-state index contributed by atoms with van der Waals surface area (Å²) in [5.41, 5.74) is 9.91. The normalized spacial score (nSPS) is 11.6. The average Bonchev–Trinajstić information content (AvgIpc) is 3.77. The second kappa shape index (κ2) is 11.4. The van der Waals surface area contributed by atoms with Crippen molar-refractivity contribution >= 4 is 43.9 Å². The summed E-state index contributed by atoms with van der Waals surface area (Å²) >= 11 is 0. The van der Waals surface area contributed by atoms with Gasteiger partial charge in [-0.25, -0.2) is 15.0 Å². The number of furan rings is 2. The van der Waals surface area contributed by atoms with Gasteiger partial charge in [0.25, 0.3) is 0 Å². The van der Waals surface area contributed by atoms with Crippen LogP contribution in [0.25, 0.3) is 100 Å². The maximum Gasteiger partial charge on any atom is 0.164 e. The fourth-order valence-electron chi connectivity index (χ4n) is 6.82. The number of para-hydroxylation sites is 2. The van der Waals surface area contributed by atoms with Gasteiger partial charge >= 0.3 is 0 Å². The molecule has 4 aromatic heterocycles. The van der Waals surface area contributed by atoms with Crippen LogP contribution in [0.1, 0.15) is 0 Å². The first-order chi connectivity index (χ1) is 24.8. The predicted octanol–water partition coefficient (Wildman–Crippen LogP) is 11.4. The number of hydrogen-bond acceptors (Lipinski definition) is 6. The van der Waals surface area contributed by atoms with Crippen molar-refractivity contribution in [1.82, 2.24) is 19.9 Å². The second-order valence-corrected chi connectivity index (χ2v) is 12.2. The molecule has 0 saturated carbocycles. The SMILES string of the molecule is c1ccc(-c2nc(-c3ccc4c(c3)oc3ccccc34)nc(-c3cccc4oc5c(-c6ccc(-c7ccccn7)cc6)cccc5c34)n2)cc1. The highest BCUT2D eigenvalue weighted by Gasteiger charge is 2.20. The number of fused-ring (bicyclic) bond motifs is 6. The van der Waals surface area contributed by atoms with Gasteiger partial charge in [-0.05, 0) is 42.0 Å². The van der Waals surface area contributed by atoms with Crippen molar-refractivity contribution in [2.24, 2.45) is 0 Å². The van der Waals surface area contributed by atoms with Crippen LogP contribution in [0.15, 0.2) is 167 Å². The Morgan fingerprint density at radius 2 is 1.04 bits per heavy atom. The van der Waals surface area contributed by atoms with Crippen LogP contribution in [0.5, 0.6) is 0 Å². The third-order valence-electron chi connectivity index (χ3n) is 9.22. The molecule has 234 valence electrons. The molecule has 0 aliphatic heterocycles. The van der Waals surface area contributed by atoms with Gasteiger partial charge in [0.15, 0.2) is 17.5 Å². The van der Waals surface area contributed by atoms with E-state index >= 15 is 0 Å². The summed E-state index contributed by atoms with van der Waals surface area (Å²) in [7, 11) is 0. The molecule has 0 atom stereocenters. The molecule has 0 amide bonds. The van der Waals surface area contributed by atoms with Crippen LogP contribution in [-0.4, -0.2) is 19.9 Å². The van der Waals surface area contributed by atoms with E-state index in [1.54, 1.807) is 0 Å². The largest absolute Gasteiger partial charge is 0.456 e. The summed E-state index contributed by atoms with van der Waals surface area (Å²) < 4.78 is 12.9. The summed E-state index contributed by atoms with van der Waals surface area (Å²) in [5, 5.41) is 4.09. The van der Waals surface area contributed by atoms with Gasteiger partial charge in [0, 0.05) is 55.6 Å². The van der Waals surface area contributed by atoms with E-state index in [0.717, 1.165) is 83.0 Å². The number of rotatable bonds is 5. The Hall–Kier alpha value is -6.92. The predicted molar refractivity (Wildman–Crippen MR) is 199 cm³/mol. The van der Waals surface area contributed by atoms with Gasteiger partial charge in [0.2, 0.25) is 0 Å². The van der Waals surface area contributed by atoms with Crippen molar-refractivity contribution in [1.29, 1.82) is 0 Å². The molecule has 0 spiro atoms. The van der Waals surface area contributed by atoms with Crippen molar-refractivity contribution in [3.8, 4) is 56.5 Å². The first-order valence-corrected chi connectivity index (χ1v) is 16.5. The maximum absolute atomic E-state index is 6.63. The van der Waals surface area contributed by atoms with Crippen LogP contribution in [0.4, 0.5) is 0 Å². The summed E-state index contributed by atoms with van der Waals surface area (Å²) in [5.74, 6) is 1.72. The second-order valence-electron chi connectivity index (χ2n) is 12.2. The summed E-state index contributed by atoms with van der Waals surface area (Å²) in [4.78, 5) is 19.6. The van der Waals surface area contributed by atoms with E-state index in [1.165, 1.54) is 0 Å². The van der Waals surface area contributed by atoms with Crippen molar-refractivity contribution in [2.45, 2.75) is 0 Å². The van der Waals surface area contributed by atoms with Crippen LogP contribution >= 0.6 is 0 Å². The third-order valence-corrected chi connectivity index (χ3v) is 9.22. The first kappa shape index (κ1) is 28.1.